The van der Waals surface area contributed by atoms with Crippen LogP contribution < -0.4 is 5.32 Å². The fourth-order valence-electron chi connectivity index (χ4n) is 2.56. The summed E-state index contributed by atoms with van der Waals surface area (Å²) in [5, 5.41) is 7.98. The van der Waals surface area contributed by atoms with Crippen molar-refractivity contribution < 1.29 is 0 Å². The summed E-state index contributed by atoms with van der Waals surface area (Å²) >= 11 is 3.66. The van der Waals surface area contributed by atoms with Crippen molar-refractivity contribution in [2.75, 3.05) is 27.7 Å². The molecule has 0 aliphatic heterocycles. The number of rotatable bonds is 11. The lowest BCUT2D eigenvalue weighted by atomic mass is 10.0. The number of halogens is 1. The van der Waals surface area contributed by atoms with Gasteiger partial charge in [-0.3, -0.25) is 4.68 Å². The third-order valence-corrected chi connectivity index (χ3v) is 4.48. The van der Waals surface area contributed by atoms with E-state index in [1.165, 1.54) is 44.2 Å². The van der Waals surface area contributed by atoms with Gasteiger partial charge in [0, 0.05) is 6.54 Å². The first-order valence-electron chi connectivity index (χ1n) is 8.13. The summed E-state index contributed by atoms with van der Waals surface area (Å²) in [4.78, 5) is 2.19. The molecule has 1 heterocycles. The first-order valence-corrected chi connectivity index (χ1v) is 8.92. The van der Waals surface area contributed by atoms with Crippen LogP contribution in [0, 0.1) is 0 Å². The van der Waals surface area contributed by atoms with Crippen LogP contribution in [0.3, 0.4) is 0 Å². The van der Waals surface area contributed by atoms with Gasteiger partial charge in [0.2, 0.25) is 0 Å². The van der Waals surface area contributed by atoms with Crippen molar-refractivity contribution in [3.05, 3.63) is 16.4 Å². The summed E-state index contributed by atoms with van der Waals surface area (Å²) in [7, 11) is 6.25. The van der Waals surface area contributed by atoms with Crippen LogP contribution >= 0.6 is 15.9 Å². The highest BCUT2D eigenvalue weighted by molar-refractivity contribution is 9.10. The van der Waals surface area contributed by atoms with E-state index in [1.807, 2.05) is 13.2 Å². The number of nitrogens with one attached hydrogen (secondary N) is 1. The second kappa shape index (κ2) is 10.4. The van der Waals surface area contributed by atoms with Crippen molar-refractivity contribution in [2.24, 2.45) is 0 Å². The van der Waals surface area contributed by atoms with E-state index in [0.717, 1.165) is 17.6 Å². The zero-order valence-corrected chi connectivity index (χ0v) is 15.6. The number of hydrogen-bond donors (Lipinski definition) is 1. The van der Waals surface area contributed by atoms with Gasteiger partial charge in [0.15, 0.2) is 0 Å². The summed E-state index contributed by atoms with van der Waals surface area (Å²) in [5.41, 5.74) is 1.29. The Kier molecular flexibility index (Phi) is 9.20. The lowest BCUT2D eigenvalue weighted by Crippen LogP contribution is -2.24. The van der Waals surface area contributed by atoms with Crippen molar-refractivity contribution in [3.8, 4) is 0 Å². The standard InChI is InChI=1S/C16H31BrN4/c1-5-6-7-8-9-10-15(18-2)16-14(17)13-19-21(16)12-11-20(3)4/h13,15,18H,5-12H2,1-4H3. The van der Waals surface area contributed by atoms with Crippen molar-refractivity contribution in [3.63, 3.8) is 0 Å². The zero-order chi connectivity index (χ0) is 15.7. The highest BCUT2D eigenvalue weighted by Crippen LogP contribution is 2.27. The lowest BCUT2D eigenvalue weighted by Gasteiger charge is -2.20. The van der Waals surface area contributed by atoms with Crippen LogP contribution in [0.15, 0.2) is 10.7 Å². The number of unbranched alkanes of at least 4 members (excludes halogenated alkanes) is 4. The maximum absolute atomic E-state index is 4.52. The molecule has 0 fully saturated rings. The second-order valence-corrected chi connectivity index (χ2v) is 6.80. The lowest BCUT2D eigenvalue weighted by molar-refractivity contribution is 0.360. The van der Waals surface area contributed by atoms with Gasteiger partial charge in [-0.2, -0.15) is 5.10 Å². The Balaban J connectivity index is 2.59. The molecule has 122 valence electrons. The second-order valence-electron chi connectivity index (χ2n) is 5.95. The van der Waals surface area contributed by atoms with E-state index in [4.69, 9.17) is 0 Å². The van der Waals surface area contributed by atoms with Gasteiger partial charge in [0.25, 0.3) is 0 Å². The molecule has 0 spiro atoms. The average molecular weight is 359 g/mol. The van der Waals surface area contributed by atoms with Gasteiger partial charge in [0.1, 0.15) is 0 Å². The zero-order valence-electron chi connectivity index (χ0n) is 14.0. The van der Waals surface area contributed by atoms with Gasteiger partial charge >= 0.3 is 0 Å². The Morgan fingerprint density at radius 1 is 1.29 bits per heavy atom. The van der Waals surface area contributed by atoms with Gasteiger partial charge in [0.05, 0.1) is 29.0 Å². The summed E-state index contributed by atoms with van der Waals surface area (Å²) in [5.74, 6) is 0. The molecule has 5 heteroatoms. The molecule has 0 aliphatic carbocycles. The Morgan fingerprint density at radius 2 is 2.00 bits per heavy atom. The Bertz CT molecular complexity index is 390. The molecule has 0 radical (unpaired) electrons. The maximum atomic E-state index is 4.52. The van der Waals surface area contributed by atoms with E-state index in [2.05, 4.69) is 56.9 Å². The maximum Gasteiger partial charge on any atom is 0.0696 e. The molecule has 1 unspecified atom stereocenters. The normalized spacial score (nSPS) is 13.0. The molecule has 0 bridgehead atoms. The molecule has 1 rings (SSSR count). The monoisotopic (exact) mass is 358 g/mol. The third kappa shape index (κ3) is 6.49. The van der Waals surface area contributed by atoms with E-state index in [9.17, 15) is 0 Å². The number of hydrogen-bond acceptors (Lipinski definition) is 3. The summed E-state index contributed by atoms with van der Waals surface area (Å²) in [6.07, 6.45) is 9.71. The minimum absolute atomic E-state index is 0.380. The van der Waals surface area contributed by atoms with Crippen molar-refractivity contribution >= 4 is 15.9 Å². The molecule has 0 amide bonds. The molecule has 1 N–H and O–H groups in total. The van der Waals surface area contributed by atoms with E-state index in [-0.39, 0.29) is 0 Å². The van der Waals surface area contributed by atoms with Gasteiger partial charge in [-0.25, -0.2) is 0 Å². The minimum atomic E-state index is 0.380. The van der Waals surface area contributed by atoms with E-state index in [0.29, 0.717) is 6.04 Å². The Morgan fingerprint density at radius 3 is 2.62 bits per heavy atom. The van der Waals surface area contributed by atoms with E-state index < -0.39 is 0 Å². The quantitative estimate of drug-likeness (QED) is 0.610. The smallest absolute Gasteiger partial charge is 0.0696 e. The van der Waals surface area contributed by atoms with Crippen LogP contribution in [0.1, 0.15) is 57.2 Å². The molecule has 0 aliphatic rings. The van der Waals surface area contributed by atoms with Crippen LogP contribution in [0.2, 0.25) is 0 Å². The summed E-state index contributed by atoms with van der Waals surface area (Å²) in [6.45, 7) is 4.20. The largest absolute Gasteiger partial charge is 0.312 e. The molecular formula is C16H31BrN4. The van der Waals surface area contributed by atoms with Crippen molar-refractivity contribution in [1.82, 2.24) is 20.0 Å². The molecule has 1 atom stereocenters. The number of nitrogens with zero attached hydrogens (tertiary/aromatic N) is 3. The van der Waals surface area contributed by atoms with Crippen LogP contribution in [0.5, 0.6) is 0 Å². The predicted molar refractivity (Wildman–Crippen MR) is 93.7 cm³/mol. The molecule has 0 aromatic carbocycles. The highest BCUT2D eigenvalue weighted by Gasteiger charge is 2.18. The van der Waals surface area contributed by atoms with E-state index in [1.54, 1.807) is 0 Å². The number of likely N-dealkylation sites (N-methyl/N-ethyl adjacent to an activating group) is 1. The first-order chi connectivity index (χ1) is 10.1. The minimum Gasteiger partial charge on any atom is -0.312 e. The molecule has 0 saturated carbocycles. The molecule has 1 aromatic heterocycles. The van der Waals surface area contributed by atoms with Gasteiger partial charge < -0.3 is 10.2 Å². The predicted octanol–water partition coefficient (Wildman–Crippen LogP) is 3.83. The topological polar surface area (TPSA) is 33.1 Å². The van der Waals surface area contributed by atoms with Gasteiger partial charge in [-0.1, -0.05) is 39.0 Å². The van der Waals surface area contributed by atoms with Crippen LogP contribution in [-0.4, -0.2) is 42.4 Å². The molecule has 1 aromatic rings. The average Bonchev–Trinajstić information content (AvgIpc) is 2.82. The molecule has 21 heavy (non-hydrogen) atoms. The van der Waals surface area contributed by atoms with Gasteiger partial charge in [-0.05, 0) is 43.5 Å². The van der Waals surface area contributed by atoms with Crippen molar-refractivity contribution in [1.29, 1.82) is 0 Å². The first kappa shape index (κ1) is 18.7. The van der Waals surface area contributed by atoms with Crippen LogP contribution in [0.25, 0.3) is 0 Å². The third-order valence-electron chi connectivity index (χ3n) is 3.87. The van der Waals surface area contributed by atoms with Crippen molar-refractivity contribution in [2.45, 2.75) is 58.0 Å². The molecule has 4 nitrogen and oxygen atoms in total. The summed E-state index contributed by atoms with van der Waals surface area (Å²) < 4.78 is 3.26. The Labute approximate surface area is 138 Å². The SMILES string of the molecule is CCCCCCCC(NC)c1c(Br)cnn1CCN(C)C. The fourth-order valence-corrected chi connectivity index (χ4v) is 3.13. The van der Waals surface area contributed by atoms with Gasteiger partial charge in [-0.15, -0.1) is 0 Å². The number of aromatic nitrogens is 2. The van der Waals surface area contributed by atoms with E-state index >= 15 is 0 Å². The molecular weight excluding hydrogens is 328 g/mol. The molecule has 0 saturated heterocycles. The summed E-state index contributed by atoms with van der Waals surface area (Å²) in [6, 6.07) is 0.380. The van der Waals surface area contributed by atoms with Crippen LogP contribution in [-0.2, 0) is 6.54 Å². The fraction of sp³-hybridized carbons (Fsp3) is 0.812. The Hall–Kier alpha value is -0.390. The van der Waals surface area contributed by atoms with Crippen LogP contribution in [0.4, 0.5) is 0 Å². The highest BCUT2D eigenvalue weighted by atomic mass is 79.9.